The molecule has 0 aromatic rings. The van der Waals surface area contributed by atoms with E-state index in [1.807, 2.05) is 0 Å². The van der Waals surface area contributed by atoms with Crippen LogP contribution in [0.3, 0.4) is 0 Å². The lowest BCUT2D eigenvalue weighted by Crippen LogP contribution is -2.12. The molecule has 0 aromatic carbocycles. The van der Waals surface area contributed by atoms with Gasteiger partial charge in [-0.25, -0.2) is 0 Å². The monoisotopic (exact) mass is 213 g/mol. The van der Waals surface area contributed by atoms with Crippen LogP contribution in [0.15, 0.2) is 0 Å². The number of carbonyl (C=O) groups excluding carboxylic acids is 1. The third-order valence-electron chi connectivity index (χ3n) is 2.79. The van der Waals surface area contributed by atoms with Crippen molar-refractivity contribution >= 4 is 5.78 Å². The summed E-state index contributed by atoms with van der Waals surface area (Å²) in [6, 6.07) is 0. The number of carbonyl (C=O) groups is 1. The summed E-state index contributed by atoms with van der Waals surface area (Å²) in [7, 11) is 0. The van der Waals surface area contributed by atoms with Gasteiger partial charge in [0, 0.05) is 6.42 Å². The highest BCUT2D eigenvalue weighted by atomic mass is 16.1. The topological polar surface area (TPSA) is 43.1 Å². The minimum absolute atomic E-state index is 0.206. The molecule has 0 aromatic heterocycles. The first-order chi connectivity index (χ1) is 7.31. The average Bonchev–Trinajstić information content (AvgIpc) is 2.26. The molecule has 2 heteroatoms. The second kappa shape index (κ2) is 11.7. The molecule has 15 heavy (non-hydrogen) atoms. The second-order valence-electron chi connectivity index (χ2n) is 4.32. The van der Waals surface area contributed by atoms with Gasteiger partial charge in [-0.05, 0) is 6.42 Å². The SMILES string of the molecule is CCCCCCCCCCCC(=O)CN. The summed E-state index contributed by atoms with van der Waals surface area (Å²) in [5.74, 6) is 0.206. The number of unbranched alkanes of at least 4 members (excludes halogenated alkanes) is 8. The van der Waals surface area contributed by atoms with Gasteiger partial charge in [0.25, 0.3) is 0 Å². The highest BCUT2D eigenvalue weighted by molar-refractivity contribution is 5.80. The summed E-state index contributed by atoms with van der Waals surface area (Å²) in [6.45, 7) is 2.46. The summed E-state index contributed by atoms with van der Waals surface area (Å²) in [4.78, 5) is 10.9. The highest BCUT2D eigenvalue weighted by Crippen LogP contribution is 2.10. The number of hydrogen-bond donors (Lipinski definition) is 1. The Morgan fingerprint density at radius 3 is 1.80 bits per heavy atom. The van der Waals surface area contributed by atoms with Gasteiger partial charge in [-0.15, -0.1) is 0 Å². The summed E-state index contributed by atoms with van der Waals surface area (Å²) < 4.78 is 0. The molecular weight excluding hydrogens is 186 g/mol. The molecule has 0 spiro atoms. The minimum atomic E-state index is 0.206. The molecule has 0 heterocycles. The van der Waals surface area contributed by atoms with Crippen molar-refractivity contribution in [2.45, 2.75) is 71.1 Å². The number of hydrogen-bond acceptors (Lipinski definition) is 2. The van der Waals surface area contributed by atoms with E-state index in [1.54, 1.807) is 0 Å². The Bertz CT molecular complexity index is 145. The quantitative estimate of drug-likeness (QED) is 0.534. The van der Waals surface area contributed by atoms with Crippen molar-refractivity contribution in [3.8, 4) is 0 Å². The standard InChI is InChI=1S/C13H27NO/c1-2-3-4-5-6-7-8-9-10-11-13(15)12-14/h2-12,14H2,1H3. The molecule has 2 N–H and O–H groups in total. The van der Waals surface area contributed by atoms with Gasteiger partial charge < -0.3 is 5.73 Å². The van der Waals surface area contributed by atoms with Gasteiger partial charge in [0.2, 0.25) is 0 Å². The zero-order valence-corrected chi connectivity index (χ0v) is 10.3. The van der Waals surface area contributed by atoms with Gasteiger partial charge in [-0.2, -0.15) is 0 Å². The first-order valence-electron chi connectivity index (χ1n) is 6.53. The lowest BCUT2D eigenvalue weighted by atomic mass is 10.1. The van der Waals surface area contributed by atoms with Crippen LogP contribution in [-0.2, 0) is 4.79 Å². The summed E-state index contributed by atoms with van der Waals surface area (Å²) in [6.07, 6.45) is 12.4. The molecule has 0 aliphatic carbocycles. The molecule has 0 atom stereocenters. The maximum Gasteiger partial charge on any atom is 0.146 e. The van der Waals surface area contributed by atoms with E-state index in [9.17, 15) is 4.79 Å². The Hall–Kier alpha value is -0.370. The van der Waals surface area contributed by atoms with E-state index < -0.39 is 0 Å². The lowest BCUT2D eigenvalue weighted by molar-refractivity contribution is -0.117. The Morgan fingerprint density at radius 2 is 1.33 bits per heavy atom. The van der Waals surface area contributed by atoms with Crippen molar-refractivity contribution in [1.29, 1.82) is 0 Å². The summed E-state index contributed by atoms with van der Waals surface area (Å²) >= 11 is 0. The van der Waals surface area contributed by atoms with Crippen LogP contribution in [0.4, 0.5) is 0 Å². The zero-order chi connectivity index (χ0) is 11.4. The van der Waals surface area contributed by atoms with Gasteiger partial charge in [0.05, 0.1) is 6.54 Å². The van der Waals surface area contributed by atoms with Gasteiger partial charge in [0.15, 0.2) is 0 Å². The van der Waals surface area contributed by atoms with Crippen LogP contribution in [0, 0.1) is 0 Å². The average molecular weight is 213 g/mol. The molecule has 0 aliphatic rings. The maximum absolute atomic E-state index is 10.9. The molecule has 0 radical (unpaired) electrons. The van der Waals surface area contributed by atoms with Crippen LogP contribution in [0.5, 0.6) is 0 Å². The smallest absolute Gasteiger partial charge is 0.146 e. The second-order valence-corrected chi connectivity index (χ2v) is 4.32. The van der Waals surface area contributed by atoms with E-state index in [-0.39, 0.29) is 12.3 Å². The minimum Gasteiger partial charge on any atom is -0.324 e. The van der Waals surface area contributed by atoms with Gasteiger partial charge in [0.1, 0.15) is 5.78 Å². The number of ketones is 1. The van der Waals surface area contributed by atoms with Crippen LogP contribution in [0.25, 0.3) is 0 Å². The molecule has 0 unspecified atom stereocenters. The lowest BCUT2D eigenvalue weighted by Gasteiger charge is -2.01. The third kappa shape index (κ3) is 11.6. The number of Topliss-reactive ketones (excluding diaryl/α,β-unsaturated/α-hetero) is 1. The van der Waals surface area contributed by atoms with E-state index >= 15 is 0 Å². The number of nitrogens with two attached hydrogens (primary N) is 1. The van der Waals surface area contributed by atoms with Crippen LogP contribution < -0.4 is 5.73 Å². The molecule has 2 nitrogen and oxygen atoms in total. The van der Waals surface area contributed by atoms with Crippen LogP contribution in [0.1, 0.15) is 71.1 Å². The Balaban J connectivity index is 2.95. The first kappa shape index (κ1) is 14.6. The molecule has 0 fully saturated rings. The molecule has 90 valence electrons. The van der Waals surface area contributed by atoms with Gasteiger partial charge in [-0.1, -0.05) is 58.3 Å². The van der Waals surface area contributed by atoms with E-state index in [2.05, 4.69) is 6.92 Å². The zero-order valence-electron chi connectivity index (χ0n) is 10.3. The molecule has 0 amide bonds. The van der Waals surface area contributed by atoms with Crippen molar-refractivity contribution in [3.05, 3.63) is 0 Å². The van der Waals surface area contributed by atoms with Crippen LogP contribution in [-0.4, -0.2) is 12.3 Å². The van der Waals surface area contributed by atoms with Crippen LogP contribution >= 0.6 is 0 Å². The van der Waals surface area contributed by atoms with E-state index in [4.69, 9.17) is 5.73 Å². The normalized spacial score (nSPS) is 10.5. The van der Waals surface area contributed by atoms with Gasteiger partial charge in [-0.3, -0.25) is 4.79 Å². The fourth-order valence-electron chi connectivity index (χ4n) is 1.73. The first-order valence-corrected chi connectivity index (χ1v) is 6.53. The molecule has 0 bridgehead atoms. The van der Waals surface area contributed by atoms with Crippen molar-refractivity contribution in [2.75, 3.05) is 6.54 Å². The van der Waals surface area contributed by atoms with Crippen LogP contribution in [0.2, 0.25) is 0 Å². The van der Waals surface area contributed by atoms with Crippen molar-refractivity contribution in [1.82, 2.24) is 0 Å². The van der Waals surface area contributed by atoms with E-state index in [1.165, 1.54) is 51.4 Å². The Morgan fingerprint density at radius 1 is 0.867 bits per heavy atom. The molecular formula is C13H27NO. The van der Waals surface area contributed by atoms with Crippen molar-refractivity contribution < 1.29 is 4.79 Å². The summed E-state index contributed by atoms with van der Waals surface area (Å²) in [5.41, 5.74) is 5.23. The fourth-order valence-corrected chi connectivity index (χ4v) is 1.73. The van der Waals surface area contributed by atoms with E-state index in [0.717, 1.165) is 6.42 Å². The Kier molecular flexibility index (Phi) is 11.4. The maximum atomic E-state index is 10.9. The molecule has 0 rings (SSSR count). The van der Waals surface area contributed by atoms with Crippen molar-refractivity contribution in [3.63, 3.8) is 0 Å². The number of rotatable bonds is 11. The predicted molar refractivity (Wildman–Crippen MR) is 65.9 cm³/mol. The third-order valence-corrected chi connectivity index (χ3v) is 2.79. The highest BCUT2D eigenvalue weighted by Gasteiger charge is 1.97. The van der Waals surface area contributed by atoms with Gasteiger partial charge >= 0.3 is 0 Å². The molecule has 0 saturated heterocycles. The predicted octanol–water partition coefficient (Wildman–Crippen LogP) is 3.44. The van der Waals surface area contributed by atoms with E-state index in [0.29, 0.717) is 6.42 Å². The Labute approximate surface area is 94.6 Å². The fraction of sp³-hybridized carbons (Fsp3) is 0.923. The summed E-state index contributed by atoms with van der Waals surface area (Å²) in [5, 5.41) is 0. The molecule has 0 saturated carbocycles. The molecule has 0 aliphatic heterocycles. The van der Waals surface area contributed by atoms with Crippen molar-refractivity contribution in [2.24, 2.45) is 5.73 Å². The largest absolute Gasteiger partial charge is 0.324 e.